The molecule has 0 saturated carbocycles. The van der Waals surface area contributed by atoms with Crippen LogP contribution in [0.5, 0.6) is 0 Å². The van der Waals surface area contributed by atoms with Gasteiger partial charge in [0.05, 0.1) is 12.6 Å². The van der Waals surface area contributed by atoms with Crippen LogP contribution in [0.4, 0.5) is 0 Å². The predicted molar refractivity (Wildman–Crippen MR) is 98.2 cm³/mol. The number of carbonyl (C=O) groups excluding carboxylic acids is 2. The number of benzene rings is 1. The molecule has 1 atom stereocenters. The molecule has 1 unspecified atom stereocenters. The maximum atomic E-state index is 13.0. The maximum Gasteiger partial charge on any atom is 0.270 e. The van der Waals surface area contributed by atoms with E-state index in [1.54, 1.807) is 0 Å². The third-order valence-electron chi connectivity index (χ3n) is 5.13. The first-order chi connectivity index (χ1) is 12.6. The Bertz CT molecular complexity index is 856. The Hall–Kier alpha value is -2.89. The molecule has 0 N–H and O–H groups in total. The molecule has 0 fully saturated rings. The van der Waals surface area contributed by atoms with Crippen molar-refractivity contribution >= 4 is 17.5 Å². The van der Waals surface area contributed by atoms with Gasteiger partial charge in [-0.2, -0.15) is 5.10 Å². The van der Waals surface area contributed by atoms with E-state index in [2.05, 4.69) is 15.7 Å². The van der Waals surface area contributed by atoms with Gasteiger partial charge in [-0.1, -0.05) is 30.3 Å². The van der Waals surface area contributed by atoms with Gasteiger partial charge in [-0.15, -0.1) is 0 Å². The number of carbonyl (C=O) groups is 2. The van der Waals surface area contributed by atoms with E-state index in [4.69, 9.17) is 0 Å². The summed E-state index contributed by atoms with van der Waals surface area (Å²) in [5.74, 6) is -0.0958. The zero-order valence-corrected chi connectivity index (χ0v) is 14.8. The van der Waals surface area contributed by atoms with E-state index in [1.165, 1.54) is 5.01 Å². The van der Waals surface area contributed by atoms with Crippen LogP contribution in [-0.2, 0) is 22.7 Å². The quantitative estimate of drug-likeness (QED) is 0.854. The van der Waals surface area contributed by atoms with Gasteiger partial charge < -0.3 is 9.47 Å². The normalized spacial score (nSPS) is 20.0. The zero-order chi connectivity index (χ0) is 18.1. The van der Waals surface area contributed by atoms with Crippen LogP contribution >= 0.6 is 0 Å². The first-order valence-corrected chi connectivity index (χ1v) is 9.01. The van der Waals surface area contributed by atoms with Crippen LogP contribution in [0.15, 0.2) is 53.8 Å². The summed E-state index contributed by atoms with van der Waals surface area (Å²) in [7, 11) is 0. The minimum atomic E-state index is -0.0597. The monoisotopic (exact) mass is 350 g/mol. The molecule has 6 nitrogen and oxygen atoms in total. The summed E-state index contributed by atoms with van der Waals surface area (Å²) in [5.41, 5.74) is 2.62. The molecule has 2 aromatic rings. The number of rotatable bonds is 3. The van der Waals surface area contributed by atoms with Crippen LogP contribution in [-0.4, -0.2) is 38.5 Å². The van der Waals surface area contributed by atoms with E-state index >= 15 is 0 Å². The van der Waals surface area contributed by atoms with Crippen molar-refractivity contribution in [2.24, 2.45) is 5.10 Å². The highest BCUT2D eigenvalue weighted by atomic mass is 16.2. The van der Waals surface area contributed by atoms with E-state index in [1.807, 2.05) is 54.4 Å². The van der Waals surface area contributed by atoms with Gasteiger partial charge in [0, 0.05) is 37.8 Å². The summed E-state index contributed by atoms with van der Waals surface area (Å²) in [5, 5.41) is 5.85. The van der Waals surface area contributed by atoms with Crippen LogP contribution in [0.25, 0.3) is 0 Å². The standard InChI is InChI=1S/C20H22N4O2/c1-15-18-8-5-11-22(18)12-13-23(15)20(26)17-9-10-19(25)24(21-17)14-16-6-3-2-4-7-16/h2-8,11,15H,9-10,12-14H2,1H3. The Kier molecular flexibility index (Phi) is 4.32. The van der Waals surface area contributed by atoms with Gasteiger partial charge in [0.2, 0.25) is 5.91 Å². The summed E-state index contributed by atoms with van der Waals surface area (Å²) in [6.45, 7) is 3.89. The SMILES string of the molecule is CC1c2cccn2CCN1C(=O)C1=NN(Cc2ccccc2)C(=O)CC1. The minimum absolute atomic E-state index is 0.00847. The Morgan fingerprint density at radius 2 is 1.92 bits per heavy atom. The van der Waals surface area contributed by atoms with Gasteiger partial charge >= 0.3 is 0 Å². The smallest absolute Gasteiger partial charge is 0.270 e. The fourth-order valence-electron chi connectivity index (χ4n) is 3.66. The predicted octanol–water partition coefficient (Wildman–Crippen LogP) is 2.57. The number of fused-ring (bicyclic) bond motifs is 1. The first kappa shape index (κ1) is 16.6. The highest BCUT2D eigenvalue weighted by molar-refractivity contribution is 6.39. The number of hydrogen-bond acceptors (Lipinski definition) is 3. The number of hydrogen-bond donors (Lipinski definition) is 0. The average Bonchev–Trinajstić information content (AvgIpc) is 3.14. The fraction of sp³-hybridized carbons (Fsp3) is 0.350. The minimum Gasteiger partial charge on any atom is -0.348 e. The van der Waals surface area contributed by atoms with Crippen LogP contribution in [0.1, 0.15) is 37.1 Å². The summed E-state index contributed by atoms with van der Waals surface area (Å²) in [6, 6.07) is 13.8. The molecule has 0 aliphatic carbocycles. The number of amides is 2. The Morgan fingerprint density at radius 3 is 2.73 bits per heavy atom. The van der Waals surface area contributed by atoms with Crippen molar-refractivity contribution < 1.29 is 9.59 Å². The molecule has 0 spiro atoms. The summed E-state index contributed by atoms with van der Waals surface area (Å²) >= 11 is 0. The topological polar surface area (TPSA) is 57.9 Å². The molecule has 2 amide bonds. The summed E-state index contributed by atoms with van der Waals surface area (Å²) in [4.78, 5) is 27.1. The average molecular weight is 350 g/mol. The van der Waals surface area contributed by atoms with Gasteiger partial charge in [0.25, 0.3) is 5.91 Å². The molecular weight excluding hydrogens is 328 g/mol. The molecular formula is C20H22N4O2. The van der Waals surface area contributed by atoms with Crippen LogP contribution < -0.4 is 0 Å². The van der Waals surface area contributed by atoms with Crippen molar-refractivity contribution in [2.45, 2.75) is 38.9 Å². The lowest BCUT2D eigenvalue weighted by Crippen LogP contribution is -2.46. The molecule has 0 saturated heterocycles. The highest BCUT2D eigenvalue weighted by Crippen LogP contribution is 2.26. The molecule has 2 aliphatic heterocycles. The van der Waals surface area contributed by atoms with E-state index < -0.39 is 0 Å². The molecule has 6 heteroatoms. The summed E-state index contributed by atoms with van der Waals surface area (Å²) in [6.07, 6.45) is 2.79. The van der Waals surface area contributed by atoms with Crippen molar-refractivity contribution in [2.75, 3.05) is 6.54 Å². The first-order valence-electron chi connectivity index (χ1n) is 9.01. The van der Waals surface area contributed by atoms with Crippen molar-refractivity contribution in [3.8, 4) is 0 Å². The molecule has 3 heterocycles. The van der Waals surface area contributed by atoms with Crippen molar-refractivity contribution in [1.82, 2.24) is 14.5 Å². The van der Waals surface area contributed by atoms with Crippen molar-refractivity contribution in [3.05, 3.63) is 59.9 Å². The van der Waals surface area contributed by atoms with Gasteiger partial charge in [-0.25, -0.2) is 5.01 Å². The van der Waals surface area contributed by atoms with Crippen molar-refractivity contribution in [1.29, 1.82) is 0 Å². The Morgan fingerprint density at radius 1 is 1.12 bits per heavy atom. The fourth-order valence-corrected chi connectivity index (χ4v) is 3.66. The van der Waals surface area contributed by atoms with E-state index in [-0.39, 0.29) is 17.9 Å². The molecule has 0 radical (unpaired) electrons. The lowest BCUT2D eigenvalue weighted by molar-refractivity contribution is -0.133. The van der Waals surface area contributed by atoms with E-state index in [9.17, 15) is 9.59 Å². The maximum absolute atomic E-state index is 13.0. The lowest BCUT2D eigenvalue weighted by Gasteiger charge is -2.36. The largest absolute Gasteiger partial charge is 0.348 e. The number of hydrazone groups is 1. The van der Waals surface area contributed by atoms with Gasteiger partial charge in [0.15, 0.2) is 0 Å². The van der Waals surface area contributed by atoms with E-state index in [0.717, 1.165) is 17.8 Å². The molecule has 4 rings (SSSR count). The second-order valence-corrected chi connectivity index (χ2v) is 6.78. The van der Waals surface area contributed by atoms with Gasteiger partial charge in [-0.3, -0.25) is 9.59 Å². The third kappa shape index (κ3) is 3.03. The Labute approximate surface area is 152 Å². The highest BCUT2D eigenvalue weighted by Gasteiger charge is 2.32. The van der Waals surface area contributed by atoms with Gasteiger partial charge in [-0.05, 0) is 24.6 Å². The summed E-state index contributed by atoms with van der Waals surface area (Å²) < 4.78 is 2.18. The van der Waals surface area contributed by atoms with Crippen LogP contribution in [0.3, 0.4) is 0 Å². The second kappa shape index (κ2) is 6.78. The van der Waals surface area contributed by atoms with Gasteiger partial charge in [0.1, 0.15) is 5.71 Å². The molecule has 2 aliphatic rings. The second-order valence-electron chi connectivity index (χ2n) is 6.78. The molecule has 26 heavy (non-hydrogen) atoms. The molecule has 1 aromatic heterocycles. The molecule has 1 aromatic carbocycles. The third-order valence-corrected chi connectivity index (χ3v) is 5.13. The number of aromatic nitrogens is 1. The van der Waals surface area contributed by atoms with Crippen molar-refractivity contribution in [3.63, 3.8) is 0 Å². The lowest BCUT2D eigenvalue weighted by atomic mass is 10.1. The van der Waals surface area contributed by atoms with Crippen LogP contribution in [0.2, 0.25) is 0 Å². The van der Waals surface area contributed by atoms with Crippen LogP contribution in [0, 0.1) is 0 Å². The molecule has 0 bridgehead atoms. The molecule has 134 valence electrons. The zero-order valence-electron chi connectivity index (χ0n) is 14.8. The number of nitrogens with zero attached hydrogens (tertiary/aromatic N) is 4. The van der Waals surface area contributed by atoms with E-state index in [0.29, 0.717) is 31.6 Å². The Balaban J connectivity index is 1.54.